The van der Waals surface area contributed by atoms with Gasteiger partial charge in [0.15, 0.2) is 11.5 Å². The summed E-state index contributed by atoms with van der Waals surface area (Å²) in [4.78, 5) is 31.8. The van der Waals surface area contributed by atoms with E-state index < -0.39 is 29.8 Å². The Labute approximate surface area is 221 Å². The highest BCUT2D eigenvalue weighted by Gasteiger charge is 2.37. The number of rotatable bonds is 7. The number of carbonyl (C=O) groups is 2. The highest BCUT2D eigenvalue weighted by molar-refractivity contribution is 6.35. The summed E-state index contributed by atoms with van der Waals surface area (Å²) in [6.07, 6.45) is 3.92. The van der Waals surface area contributed by atoms with Crippen LogP contribution in [0.5, 0.6) is 11.5 Å². The van der Waals surface area contributed by atoms with E-state index in [0.29, 0.717) is 45.6 Å². The molecule has 1 amide bonds. The molecule has 0 N–H and O–H groups in total. The fourth-order valence-corrected chi connectivity index (χ4v) is 4.55. The van der Waals surface area contributed by atoms with Crippen molar-refractivity contribution in [2.45, 2.75) is 64.2 Å². The molecule has 2 atom stereocenters. The molecule has 3 rings (SSSR count). The second-order valence-corrected chi connectivity index (χ2v) is 10.3. The SMILES string of the molecule is COc1ccc([C@H](Cc2c(Cl)cncc2Cl)OC(=O)[C@@H]2CCCCN2C(=O)OC(C)(C)C)cc1OC. The van der Waals surface area contributed by atoms with Crippen LogP contribution in [0.15, 0.2) is 30.6 Å². The van der Waals surface area contributed by atoms with Crippen LogP contribution in [0, 0.1) is 0 Å². The Morgan fingerprint density at radius 3 is 2.36 bits per heavy atom. The maximum atomic E-state index is 13.5. The Bertz CT molecular complexity index is 1070. The van der Waals surface area contributed by atoms with Gasteiger partial charge in [0, 0.05) is 25.4 Å². The van der Waals surface area contributed by atoms with Crippen molar-refractivity contribution in [2.24, 2.45) is 0 Å². The van der Waals surface area contributed by atoms with Crippen molar-refractivity contribution in [3.8, 4) is 11.5 Å². The second-order valence-electron chi connectivity index (χ2n) is 9.51. The van der Waals surface area contributed by atoms with Gasteiger partial charge in [-0.3, -0.25) is 9.88 Å². The van der Waals surface area contributed by atoms with Gasteiger partial charge in [-0.05, 0) is 63.3 Å². The van der Waals surface area contributed by atoms with E-state index in [1.165, 1.54) is 24.4 Å². The van der Waals surface area contributed by atoms with Crippen molar-refractivity contribution in [3.05, 3.63) is 51.8 Å². The lowest BCUT2D eigenvalue weighted by Crippen LogP contribution is -2.50. The summed E-state index contributed by atoms with van der Waals surface area (Å²) in [5.74, 6) is 0.493. The third-order valence-corrected chi connectivity index (χ3v) is 6.43. The number of pyridine rings is 1. The van der Waals surface area contributed by atoms with Crippen LogP contribution in [0.1, 0.15) is 57.3 Å². The van der Waals surface area contributed by atoms with E-state index in [1.807, 2.05) is 0 Å². The monoisotopic (exact) mass is 538 g/mol. The third kappa shape index (κ3) is 6.95. The standard InChI is InChI=1S/C26H32Cl2N2O6/c1-26(2,3)36-25(32)30-11-7-6-8-20(30)24(31)35-22(13-17-18(27)14-29-15-19(17)28)16-9-10-21(33-4)23(12-16)34-5/h9-10,12,14-15,20,22H,6-8,11,13H2,1-5H3/t20-,22-/m0/s1. The molecule has 0 aliphatic carbocycles. The quantitative estimate of drug-likeness (QED) is 0.398. The number of nitrogens with zero attached hydrogens (tertiary/aromatic N) is 2. The Morgan fingerprint density at radius 1 is 1.08 bits per heavy atom. The largest absolute Gasteiger partial charge is 0.493 e. The summed E-state index contributed by atoms with van der Waals surface area (Å²) < 4.78 is 22.4. The molecule has 1 saturated heterocycles. The zero-order valence-corrected chi connectivity index (χ0v) is 22.7. The fourth-order valence-electron chi connectivity index (χ4n) is 4.03. The first-order valence-corrected chi connectivity index (χ1v) is 12.5. The lowest BCUT2D eigenvalue weighted by atomic mass is 10.00. The molecule has 1 aromatic heterocycles. The van der Waals surface area contributed by atoms with Gasteiger partial charge in [0.2, 0.25) is 0 Å². The number of likely N-dealkylation sites (tertiary alicyclic amines) is 1. The topological polar surface area (TPSA) is 87.2 Å². The molecule has 196 valence electrons. The predicted molar refractivity (Wildman–Crippen MR) is 137 cm³/mol. The number of hydrogen-bond acceptors (Lipinski definition) is 7. The summed E-state index contributed by atoms with van der Waals surface area (Å²) >= 11 is 12.8. The third-order valence-electron chi connectivity index (χ3n) is 5.78. The van der Waals surface area contributed by atoms with Crippen molar-refractivity contribution in [3.63, 3.8) is 0 Å². The molecule has 0 spiro atoms. The van der Waals surface area contributed by atoms with Crippen LogP contribution in [0.3, 0.4) is 0 Å². The summed E-state index contributed by atoms with van der Waals surface area (Å²) in [5, 5.41) is 0.717. The summed E-state index contributed by atoms with van der Waals surface area (Å²) in [5.41, 5.74) is 0.568. The molecule has 2 aromatic rings. The summed E-state index contributed by atoms with van der Waals surface area (Å²) in [6, 6.07) is 4.50. The van der Waals surface area contributed by atoms with E-state index in [0.717, 1.165) is 12.8 Å². The smallest absolute Gasteiger partial charge is 0.411 e. The number of piperidine rings is 1. The van der Waals surface area contributed by atoms with E-state index in [9.17, 15) is 9.59 Å². The van der Waals surface area contributed by atoms with E-state index in [-0.39, 0.29) is 6.42 Å². The average molecular weight is 539 g/mol. The van der Waals surface area contributed by atoms with Crippen LogP contribution < -0.4 is 9.47 Å². The molecule has 36 heavy (non-hydrogen) atoms. The van der Waals surface area contributed by atoms with Gasteiger partial charge in [0.25, 0.3) is 0 Å². The molecule has 0 unspecified atom stereocenters. The molecule has 1 fully saturated rings. The Kier molecular flexibility index (Phi) is 9.30. The minimum atomic E-state index is -0.767. The normalized spacial score (nSPS) is 16.8. The van der Waals surface area contributed by atoms with Gasteiger partial charge in [-0.2, -0.15) is 0 Å². The molecule has 0 saturated carbocycles. The highest BCUT2D eigenvalue weighted by atomic mass is 35.5. The van der Waals surface area contributed by atoms with Crippen molar-refractivity contribution in [2.75, 3.05) is 20.8 Å². The summed E-state index contributed by atoms with van der Waals surface area (Å²) in [7, 11) is 3.07. The highest BCUT2D eigenvalue weighted by Crippen LogP contribution is 2.36. The number of halogens is 2. The first-order valence-electron chi connectivity index (χ1n) is 11.7. The Morgan fingerprint density at radius 2 is 1.75 bits per heavy atom. The number of aromatic nitrogens is 1. The van der Waals surface area contributed by atoms with Gasteiger partial charge in [0.1, 0.15) is 17.7 Å². The Hall–Kier alpha value is -2.71. The molecular formula is C26H32Cl2N2O6. The van der Waals surface area contributed by atoms with E-state index in [2.05, 4.69) is 4.98 Å². The number of benzene rings is 1. The number of carbonyl (C=O) groups excluding carboxylic acids is 2. The van der Waals surface area contributed by atoms with Crippen LogP contribution in [0.25, 0.3) is 0 Å². The van der Waals surface area contributed by atoms with Gasteiger partial charge >= 0.3 is 12.1 Å². The van der Waals surface area contributed by atoms with Gasteiger partial charge in [-0.15, -0.1) is 0 Å². The van der Waals surface area contributed by atoms with Crippen LogP contribution in [0.2, 0.25) is 10.0 Å². The first kappa shape index (κ1) is 27.9. The molecule has 10 heteroatoms. The van der Waals surface area contributed by atoms with E-state index in [1.54, 1.807) is 46.1 Å². The maximum Gasteiger partial charge on any atom is 0.411 e. The zero-order chi connectivity index (χ0) is 26.5. The molecule has 8 nitrogen and oxygen atoms in total. The zero-order valence-electron chi connectivity index (χ0n) is 21.2. The van der Waals surface area contributed by atoms with Crippen molar-refractivity contribution >= 4 is 35.3 Å². The lowest BCUT2D eigenvalue weighted by Gasteiger charge is -2.36. The van der Waals surface area contributed by atoms with Crippen molar-refractivity contribution in [1.82, 2.24) is 9.88 Å². The molecule has 1 aliphatic rings. The first-order chi connectivity index (χ1) is 17.0. The fraction of sp³-hybridized carbons (Fsp3) is 0.500. The molecule has 1 aromatic carbocycles. The summed E-state index contributed by atoms with van der Waals surface area (Å²) in [6.45, 7) is 5.78. The number of ether oxygens (including phenoxy) is 4. The number of esters is 1. The van der Waals surface area contributed by atoms with Crippen LogP contribution >= 0.6 is 23.2 Å². The predicted octanol–water partition coefficient (Wildman–Crippen LogP) is 6.02. The molecule has 2 heterocycles. The second kappa shape index (κ2) is 12.0. The molecule has 0 bridgehead atoms. The van der Waals surface area contributed by atoms with Gasteiger partial charge in [-0.1, -0.05) is 29.3 Å². The van der Waals surface area contributed by atoms with Crippen LogP contribution in [0.4, 0.5) is 4.79 Å². The van der Waals surface area contributed by atoms with Crippen molar-refractivity contribution in [1.29, 1.82) is 0 Å². The van der Waals surface area contributed by atoms with Crippen LogP contribution in [-0.2, 0) is 20.7 Å². The molecule has 1 aliphatic heterocycles. The van der Waals surface area contributed by atoms with E-state index in [4.69, 9.17) is 42.1 Å². The van der Waals surface area contributed by atoms with Gasteiger partial charge in [-0.25, -0.2) is 9.59 Å². The minimum Gasteiger partial charge on any atom is -0.493 e. The Balaban J connectivity index is 1.93. The van der Waals surface area contributed by atoms with Gasteiger partial charge < -0.3 is 18.9 Å². The molecule has 0 radical (unpaired) electrons. The number of methoxy groups -OCH3 is 2. The molecular weight excluding hydrogens is 507 g/mol. The number of hydrogen-bond donors (Lipinski definition) is 0. The van der Waals surface area contributed by atoms with Gasteiger partial charge in [0.05, 0.1) is 24.3 Å². The van der Waals surface area contributed by atoms with Crippen LogP contribution in [-0.4, -0.2) is 54.4 Å². The average Bonchev–Trinajstić information content (AvgIpc) is 2.84. The van der Waals surface area contributed by atoms with Crippen molar-refractivity contribution < 1.29 is 28.5 Å². The lowest BCUT2D eigenvalue weighted by molar-refractivity contribution is -0.157. The van der Waals surface area contributed by atoms with E-state index >= 15 is 0 Å². The maximum absolute atomic E-state index is 13.5. The minimum absolute atomic E-state index is 0.195. The number of amides is 1.